The molecular formula is C22H19ClF3N5O5. The molecule has 14 heteroatoms. The van der Waals surface area contributed by atoms with E-state index < -0.39 is 30.1 Å². The highest BCUT2D eigenvalue weighted by molar-refractivity contribution is 6.38. The monoisotopic (exact) mass is 525 g/mol. The van der Waals surface area contributed by atoms with E-state index in [0.717, 1.165) is 4.42 Å². The number of aliphatic carboxylic acids is 2. The van der Waals surface area contributed by atoms with Crippen LogP contribution in [0.2, 0.25) is 0 Å². The predicted molar refractivity (Wildman–Crippen MR) is 125 cm³/mol. The molecule has 190 valence electrons. The highest BCUT2D eigenvalue weighted by Gasteiger charge is 2.38. The van der Waals surface area contributed by atoms with Crippen molar-refractivity contribution < 1.29 is 37.8 Å². The van der Waals surface area contributed by atoms with Crippen molar-refractivity contribution >= 4 is 52.0 Å². The van der Waals surface area contributed by atoms with Gasteiger partial charge in [-0.25, -0.2) is 9.21 Å². The van der Waals surface area contributed by atoms with E-state index in [-0.39, 0.29) is 12.4 Å². The van der Waals surface area contributed by atoms with E-state index in [4.69, 9.17) is 32.8 Å². The number of nitrogens with zero attached hydrogens (tertiary/aromatic N) is 2. The smallest absolute Gasteiger partial charge is 0.481 e. The zero-order valence-corrected chi connectivity index (χ0v) is 18.9. The normalized spacial score (nSPS) is 11.6. The molecule has 1 unspecified atom stereocenters. The summed E-state index contributed by atoms with van der Waals surface area (Å²) in [6.45, 7) is 0. The standard InChI is InChI=1S/C20H18ClN5O3.C2HF3O2/c21-26(20(22)23)17-11-24-10-14-8-13(6-7-15(14)17)19(29)25-16(9-18(27)28)12-4-2-1-3-5-12;3-2(4,5)1(6)7/h1-8,10-11,16H,9H2,(H3,22,23)(H,25,29)(H,27,28);(H,6,7). The quantitative estimate of drug-likeness (QED) is 0.184. The van der Waals surface area contributed by atoms with E-state index in [1.165, 1.54) is 6.20 Å². The number of amides is 1. The van der Waals surface area contributed by atoms with E-state index in [0.29, 0.717) is 27.6 Å². The van der Waals surface area contributed by atoms with E-state index in [1.54, 1.807) is 48.7 Å². The van der Waals surface area contributed by atoms with Gasteiger partial charge in [-0.2, -0.15) is 13.2 Å². The molecule has 3 aromatic rings. The molecule has 6 N–H and O–H groups in total. The molecule has 1 aromatic heterocycles. The number of carboxylic acid groups (broad SMARTS) is 2. The average Bonchev–Trinajstić information content (AvgIpc) is 2.82. The first-order chi connectivity index (χ1) is 16.8. The third-order valence-corrected chi connectivity index (χ3v) is 4.92. The molecule has 0 saturated heterocycles. The van der Waals surface area contributed by atoms with Gasteiger partial charge in [-0.1, -0.05) is 36.4 Å². The number of guanidine groups is 1. The first-order valence-corrected chi connectivity index (χ1v) is 10.2. The number of fused-ring (bicyclic) bond motifs is 1. The largest absolute Gasteiger partial charge is 0.490 e. The number of hydrogen-bond donors (Lipinski definition) is 5. The van der Waals surface area contributed by atoms with Gasteiger partial charge < -0.3 is 21.3 Å². The fourth-order valence-corrected chi connectivity index (χ4v) is 3.08. The van der Waals surface area contributed by atoms with E-state index in [1.807, 2.05) is 6.07 Å². The van der Waals surface area contributed by atoms with Gasteiger partial charge in [0.25, 0.3) is 5.91 Å². The van der Waals surface area contributed by atoms with Crippen LogP contribution in [0, 0.1) is 5.41 Å². The van der Waals surface area contributed by atoms with Gasteiger partial charge in [0.05, 0.1) is 24.3 Å². The highest BCUT2D eigenvalue weighted by atomic mass is 35.5. The summed E-state index contributed by atoms with van der Waals surface area (Å²) in [5.41, 5.74) is 6.88. The van der Waals surface area contributed by atoms with Crippen molar-refractivity contribution in [3.8, 4) is 0 Å². The number of carboxylic acids is 2. The van der Waals surface area contributed by atoms with E-state index in [2.05, 4.69) is 10.3 Å². The van der Waals surface area contributed by atoms with Crippen molar-refractivity contribution in [2.75, 3.05) is 4.42 Å². The summed E-state index contributed by atoms with van der Waals surface area (Å²) in [5, 5.41) is 27.8. The van der Waals surface area contributed by atoms with Crippen molar-refractivity contribution in [3.63, 3.8) is 0 Å². The zero-order chi connectivity index (χ0) is 27.0. The molecule has 36 heavy (non-hydrogen) atoms. The van der Waals surface area contributed by atoms with Gasteiger partial charge in [0, 0.05) is 34.3 Å². The number of carbonyl (C=O) groups is 3. The number of hydrogen-bond acceptors (Lipinski definition) is 5. The Hall–Kier alpha value is -4.39. The second-order valence-corrected chi connectivity index (χ2v) is 7.44. The lowest BCUT2D eigenvalue weighted by Gasteiger charge is -2.18. The molecule has 2 aromatic carbocycles. The Kier molecular flexibility index (Phi) is 9.16. The molecule has 0 aliphatic carbocycles. The van der Waals surface area contributed by atoms with Crippen LogP contribution in [0.25, 0.3) is 10.8 Å². The van der Waals surface area contributed by atoms with Gasteiger partial charge in [0.1, 0.15) is 0 Å². The number of carbonyl (C=O) groups excluding carboxylic acids is 1. The van der Waals surface area contributed by atoms with Crippen LogP contribution in [0.4, 0.5) is 18.9 Å². The number of nitrogens with two attached hydrogens (primary N) is 1. The van der Waals surface area contributed by atoms with Crippen LogP contribution in [0.15, 0.2) is 60.9 Å². The van der Waals surface area contributed by atoms with Crippen LogP contribution in [-0.4, -0.2) is 45.2 Å². The Morgan fingerprint density at radius 1 is 1.11 bits per heavy atom. The summed E-state index contributed by atoms with van der Waals surface area (Å²) in [6, 6.07) is 13.1. The molecule has 0 spiro atoms. The summed E-state index contributed by atoms with van der Waals surface area (Å²) < 4.78 is 32.7. The first-order valence-electron chi connectivity index (χ1n) is 9.86. The van der Waals surface area contributed by atoms with Crippen molar-refractivity contribution in [2.45, 2.75) is 18.6 Å². The van der Waals surface area contributed by atoms with Crippen molar-refractivity contribution in [1.29, 1.82) is 5.41 Å². The maximum Gasteiger partial charge on any atom is 0.490 e. The Labute approximate surface area is 206 Å². The van der Waals surface area contributed by atoms with Crippen molar-refractivity contribution in [2.24, 2.45) is 5.73 Å². The number of aromatic nitrogens is 1. The van der Waals surface area contributed by atoms with Crippen LogP contribution in [0.5, 0.6) is 0 Å². The SMILES string of the molecule is N=C(N)N(Cl)c1cncc2cc(C(=O)NC(CC(=O)O)c3ccccc3)ccc12.O=C(O)C(F)(F)F. The molecule has 3 rings (SSSR count). The summed E-state index contributed by atoms with van der Waals surface area (Å²) in [6.07, 6.45) is -2.30. The molecule has 0 fully saturated rings. The van der Waals surface area contributed by atoms with Gasteiger partial charge in [-0.15, -0.1) is 0 Å². The molecule has 10 nitrogen and oxygen atoms in total. The fraction of sp³-hybridized carbons (Fsp3) is 0.136. The summed E-state index contributed by atoms with van der Waals surface area (Å²) >= 11 is 6.02. The second-order valence-electron chi connectivity index (χ2n) is 7.10. The summed E-state index contributed by atoms with van der Waals surface area (Å²) in [5.74, 6) is -4.55. The Morgan fingerprint density at radius 3 is 2.25 bits per heavy atom. The molecule has 0 bridgehead atoms. The molecule has 0 aliphatic heterocycles. The topological polar surface area (TPSA) is 170 Å². The third-order valence-electron chi connectivity index (χ3n) is 4.55. The number of rotatable bonds is 6. The maximum absolute atomic E-state index is 12.8. The summed E-state index contributed by atoms with van der Waals surface area (Å²) in [4.78, 5) is 37.0. The Bertz CT molecular complexity index is 1270. The number of halogens is 4. The average molecular weight is 526 g/mol. The molecule has 1 heterocycles. The molecule has 1 amide bonds. The fourth-order valence-electron chi connectivity index (χ4n) is 2.94. The minimum Gasteiger partial charge on any atom is -0.481 e. The van der Waals surface area contributed by atoms with Gasteiger partial charge >= 0.3 is 18.1 Å². The highest BCUT2D eigenvalue weighted by Crippen LogP contribution is 2.28. The number of nitrogens with one attached hydrogen (secondary N) is 2. The maximum atomic E-state index is 12.8. The van der Waals surface area contributed by atoms with Crippen LogP contribution >= 0.6 is 11.8 Å². The van der Waals surface area contributed by atoms with E-state index in [9.17, 15) is 27.9 Å². The minimum atomic E-state index is -5.08. The predicted octanol–water partition coefficient (Wildman–Crippen LogP) is 3.67. The van der Waals surface area contributed by atoms with Crippen LogP contribution < -0.4 is 15.5 Å². The van der Waals surface area contributed by atoms with Crippen LogP contribution in [0.1, 0.15) is 28.4 Å². The van der Waals surface area contributed by atoms with Crippen LogP contribution in [0.3, 0.4) is 0 Å². The van der Waals surface area contributed by atoms with Gasteiger partial charge in [-0.05, 0) is 17.7 Å². The Morgan fingerprint density at radius 2 is 1.72 bits per heavy atom. The number of anilines is 1. The van der Waals surface area contributed by atoms with Gasteiger partial charge in [0.15, 0.2) is 0 Å². The third kappa shape index (κ3) is 7.56. The molecule has 0 aliphatic rings. The number of alkyl halides is 3. The lowest BCUT2D eigenvalue weighted by molar-refractivity contribution is -0.192. The first kappa shape index (κ1) is 27.9. The van der Waals surface area contributed by atoms with Gasteiger partial charge in [0.2, 0.25) is 5.96 Å². The lowest BCUT2D eigenvalue weighted by atomic mass is 10.0. The molecule has 0 saturated carbocycles. The van der Waals surface area contributed by atoms with E-state index >= 15 is 0 Å². The number of benzene rings is 2. The molecular weight excluding hydrogens is 507 g/mol. The molecule has 0 radical (unpaired) electrons. The van der Waals surface area contributed by atoms with Crippen molar-refractivity contribution in [3.05, 3.63) is 72.1 Å². The zero-order valence-electron chi connectivity index (χ0n) is 18.2. The van der Waals surface area contributed by atoms with Crippen LogP contribution in [-0.2, 0) is 9.59 Å². The minimum absolute atomic E-state index is 0.241. The Balaban J connectivity index is 0.000000572. The summed E-state index contributed by atoms with van der Waals surface area (Å²) in [7, 11) is 0. The molecule has 1 atom stereocenters. The van der Waals surface area contributed by atoms with Gasteiger partial charge in [-0.3, -0.25) is 20.0 Å². The lowest BCUT2D eigenvalue weighted by Crippen LogP contribution is -2.30. The number of pyridine rings is 1. The second kappa shape index (κ2) is 11.8. The van der Waals surface area contributed by atoms with Crippen molar-refractivity contribution in [1.82, 2.24) is 10.3 Å².